The Labute approximate surface area is 201 Å². The molecule has 0 bridgehead atoms. The van der Waals surface area contributed by atoms with Crippen molar-refractivity contribution in [3.05, 3.63) is 59.2 Å². The van der Waals surface area contributed by atoms with Crippen molar-refractivity contribution in [2.75, 3.05) is 46.8 Å². The van der Waals surface area contributed by atoms with E-state index < -0.39 is 22.5 Å². The summed E-state index contributed by atoms with van der Waals surface area (Å²) in [5.41, 5.74) is 2.37. The second-order valence-electron chi connectivity index (χ2n) is 7.74. The fourth-order valence-corrected chi connectivity index (χ4v) is 3.87. The molecule has 0 saturated heterocycles. The van der Waals surface area contributed by atoms with Crippen LogP contribution < -0.4 is 14.2 Å². The topological polar surface area (TPSA) is 111 Å². The van der Waals surface area contributed by atoms with Crippen molar-refractivity contribution >= 4 is 21.8 Å². The van der Waals surface area contributed by atoms with Gasteiger partial charge in [-0.15, -0.1) is 0 Å². The first-order valence-corrected chi connectivity index (χ1v) is 12.7. The van der Waals surface area contributed by atoms with E-state index in [2.05, 4.69) is 0 Å². The van der Waals surface area contributed by atoms with Crippen LogP contribution in [0, 0.1) is 6.92 Å². The molecule has 186 valence electrons. The molecule has 0 aromatic heterocycles. The summed E-state index contributed by atoms with van der Waals surface area (Å²) in [7, 11) is -0.588. The van der Waals surface area contributed by atoms with E-state index in [0.29, 0.717) is 23.6 Å². The minimum Gasteiger partial charge on any atom is -0.496 e. The molecule has 1 N–H and O–H groups in total. The van der Waals surface area contributed by atoms with Crippen LogP contribution in [0.3, 0.4) is 0 Å². The van der Waals surface area contributed by atoms with E-state index >= 15 is 0 Å². The number of hydrogen-bond acceptors (Lipinski definition) is 7. The molecule has 0 heterocycles. The van der Waals surface area contributed by atoms with Crippen LogP contribution in [0.1, 0.15) is 27.9 Å². The van der Waals surface area contributed by atoms with Crippen LogP contribution in [-0.4, -0.2) is 71.9 Å². The number of hydrogen-bond donors (Lipinski definition) is 1. The average molecular weight is 493 g/mol. The summed E-state index contributed by atoms with van der Waals surface area (Å²) in [5, 5.41) is 0. The number of carbonyl (C=O) groups excluding carboxylic acids is 2. The Morgan fingerprint density at radius 3 is 2.18 bits per heavy atom. The number of rotatable bonds is 13. The molecule has 0 saturated carbocycles. The maximum atomic E-state index is 13.4. The van der Waals surface area contributed by atoms with E-state index in [1.807, 2.05) is 42.0 Å². The summed E-state index contributed by atoms with van der Waals surface area (Å²) in [6.45, 7) is 2.17. The molecule has 2 aromatic rings. The van der Waals surface area contributed by atoms with Gasteiger partial charge in [-0.25, -0.2) is 8.42 Å². The molecule has 0 aliphatic heterocycles. The largest absolute Gasteiger partial charge is 0.496 e. The van der Waals surface area contributed by atoms with Gasteiger partial charge in [-0.1, -0.05) is 30.3 Å². The summed E-state index contributed by atoms with van der Waals surface area (Å²) in [4.78, 5) is 26.6. The van der Waals surface area contributed by atoms with Gasteiger partial charge in [0.05, 0.1) is 27.1 Å². The lowest BCUT2D eigenvalue weighted by Gasteiger charge is -2.24. The fourth-order valence-electron chi connectivity index (χ4n) is 3.40. The Morgan fingerprint density at radius 2 is 1.62 bits per heavy atom. The maximum Gasteiger partial charge on any atom is 0.259 e. The summed E-state index contributed by atoms with van der Waals surface area (Å²) < 4.78 is 40.2. The molecule has 0 radical (unpaired) electrons. The number of methoxy groups -OCH3 is 2. The predicted octanol–water partition coefficient (Wildman–Crippen LogP) is 2.18. The van der Waals surface area contributed by atoms with Gasteiger partial charge < -0.3 is 19.1 Å². The van der Waals surface area contributed by atoms with Crippen molar-refractivity contribution in [2.45, 2.75) is 19.8 Å². The third-order valence-corrected chi connectivity index (χ3v) is 5.66. The van der Waals surface area contributed by atoms with Gasteiger partial charge >= 0.3 is 0 Å². The van der Waals surface area contributed by atoms with Crippen molar-refractivity contribution < 1.29 is 32.2 Å². The SMILES string of the molecule is COc1cc(C(=O)N(CCCc2ccccc2)CCOCC(=O)NS(C)(=O)=O)cc(OC)c1C. The maximum absolute atomic E-state index is 13.4. The monoisotopic (exact) mass is 492 g/mol. The lowest BCUT2D eigenvalue weighted by Crippen LogP contribution is -2.37. The normalized spacial score (nSPS) is 11.1. The van der Waals surface area contributed by atoms with Gasteiger partial charge in [0.25, 0.3) is 11.8 Å². The fraction of sp³-hybridized carbons (Fsp3) is 0.417. The Hall–Kier alpha value is -3.11. The van der Waals surface area contributed by atoms with E-state index in [0.717, 1.165) is 24.7 Å². The molecule has 0 spiro atoms. The van der Waals surface area contributed by atoms with Gasteiger partial charge in [0.15, 0.2) is 0 Å². The number of nitrogens with zero attached hydrogens (tertiary/aromatic N) is 1. The molecular weight excluding hydrogens is 460 g/mol. The molecule has 2 amide bonds. The summed E-state index contributed by atoms with van der Waals surface area (Å²) in [6, 6.07) is 13.3. The van der Waals surface area contributed by atoms with Crippen molar-refractivity contribution in [1.29, 1.82) is 0 Å². The van der Waals surface area contributed by atoms with Gasteiger partial charge in [-0.2, -0.15) is 0 Å². The molecule has 0 aliphatic rings. The van der Waals surface area contributed by atoms with Crippen LogP contribution in [0.15, 0.2) is 42.5 Å². The number of nitrogens with one attached hydrogen (secondary N) is 1. The number of sulfonamides is 1. The van der Waals surface area contributed by atoms with Crippen molar-refractivity contribution in [3.63, 3.8) is 0 Å². The van der Waals surface area contributed by atoms with Gasteiger partial charge in [-0.05, 0) is 37.5 Å². The highest BCUT2D eigenvalue weighted by Crippen LogP contribution is 2.30. The van der Waals surface area contributed by atoms with E-state index in [4.69, 9.17) is 14.2 Å². The van der Waals surface area contributed by atoms with Gasteiger partial charge in [0.2, 0.25) is 10.0 Å². The van der Waals surface area contributed by atoms with Crippen LogP contribution in [-0.2, 0) is 26.0 Å². The van der Waals surface area contributed by atoms with Crippen molar-refractivity contribution in [2.24, 2.45) is 0 Å². The highest BCUT2D eigenvalue weighted by molar-refractivity contribution is 7.89. The zero-order valence-corrected chi connectivity index (χ0v) is 20.8. The molecule has 34 heavy (non-hydrogen) atoms. The first-order chi connectivity index (χ1) is 16.1. The van der Waals surface area contributed by atoms with Gasteiger partial charge in [0.1, 0.15) is 18.1 Å². The number of amides is 2. The Morgan fingerprint density at radius 1 is 1.00 bits per heavy atom. The third-order valence-electron chi connectivity index (χ3n) is 5.06. The average Bonchev–Trinajstić information content (AvgIpc) is 2.79. The zero-order chi connectivity index (χ0) is 25.1. The summed E-state index contributed by atoms with van der Waals surface area (Å²) >= 11 is 0. The third kappa shape index (κ3) is 8.68. The van der Waals surface area contributed by atoms with Crippen molar-refractivity contribution in [3.8, 4) is 11.5 Å². The molecule has 0 fully saturated rings. The number of ether oxygens (including phenoxy) is 3. The Bertz CT molecular complexity index is 1050. The lowest BCUT2D eigenvalue weighted by molar-refractivity contribution is -0.123. The number of benzene rings is 2. The minimum absolute atomic E-state index is 0.0639. The van der Waals surface area contributed by atoms with Crippen LogP contribution in [0.4, 0.5) is 0 Å². The smallest absolute Gasteiger partial charge is 0.259 e. The molecule has 2 aromatic carbocycles. The van der Waals surface area contributed by atoms with E-state index in [9.17, 15) is 18.0 Å². The molecule has 9 nitrogen and oxygen atoms in total. The second kappa shape index (κ2) is 13.0. The van der Waals surface area contributed by atoms with Gasteiger partial charge in [0, 0.05) is 24.2 Å². The molecule has 10 heteroatoms. The Kier molecular flexibility index (Phi) is 10.3. The predicted molar refractivity (Wildman–Crippen MR) is 129 cm³/mol. The first-order valence-electron chi connectivity index (χ1n) is 10.8. The second-order valence-corrected chi connectivity index (χ2v) is 9.49. The first kappa shape index (κ1) is 27.1. The minimum atomic E-state index is -3.65. The van der Waals surface area contributed by atoms with Crippen LogP contribution >= 0.6 is 0 Å². The number of aryl methyl sites for hydroxylation is 1. The van der Waals surface area contributed by atoms with Crippen LogP contribution in [0.2, 0.25) is 0 Å². The standard InChI is InChI=1S/C24H32N2O7S/c1-18-21(31-2)15-20(16-22(18)32-3)24(28)26(12-8-11-19-9-6-5-7-10-19)13-14-33-17-23(27)25-34(4,29)30/h5-7,9-10,15-16H,8,11-14,17H2,1-4H3,(H,25,27). The molecular formula is C24H32N2O7S. The lowest BCUT2D eigenvalue weighted by atomic mass is 10.1. The molecule has 0 unspecified atom stereocenters. The van der Waals surface area contributed by atoms with Crippen molar-refractivity contribution in [1.82, 2.24) is 9.62 Å². The summed E-state index contributed by atoms with van der Waals surface area (Å²) in [5.74, 6) is 0.0903. The Balaban J connectivity index is 2.09. The highest BCUT2D eigenvalue weighted by Gasteiger charge is 2.20. The molecule has 0 atom stereocenters. The number of carbonyl (C=O) groups is 2. The van der Waals surface area contributed by atoms with E-state index in [1.165, 1.54) is 19.8 Å². The van der Waals surface area contributed by atoms with Crippen LogP contribution in [0.5, 0.6) is 11.5 Å². The molecule has 2 rings (SSSR count). The quantitative estimate of drug-likeness (QED) is 0.427. The van der Waals surface area contributed by atoms with Gasteiger partial charge in [-0.3, -0.25) is 14.3 Å². The van der Waals surface area contributed by atoms with Crippen LogP contribution in [0.25, 0.3) is 0 Å². The summed E-state index contributed by atoms with van der Waals surface area (Å²) in [6.07, 6.45) is 2.41. The van der Waals surface area contributed by atoms with E-state index in [1.54, 1.807) is 17.0 Å². The van der Waals surface area contributed by atoms with E-state index in [-0.39, 0.29) is 19.1 Å². The highest BCUT2D eigenvalue weighted by atomic mass is 32.2. The zero-order valence-electron chi connectivity index (χ0n) is 20.0. The molecule has 0 aliphatic carbocycles.